The average molecular weight is 423 g/mol. The number of hydrogen-bond acceptors (Lipinski definition) is 7. The molecule has 9 nitrogen and oxygen atoms in total. The Morgan fingerprint density at radius 2 is 2.10 bits per heavy atom. The monoisotopic (exact) mass is 423 g/mol. The van der Waals surface area contributed by atoms with Crippen LogP contribution in [0.4, 0.5) is 19.6 Å². The lowest BCUT2D eigenvalue weighted by atomic mass is 10.2. The molecule has 0 unspecified atom stereocenters. The van der Waals surface area contributed by atoms with Gasteiger partial charge in [-0.3, -0.25) is 19.6 Å². The third kappa shape index (κ3) is 5.10. The van der Waals surface area contributed by atoms with Gasteiger partial charge in [-0.1, -0.05) is 0 Å². The number of amides is 1. The van der Waals surface area contributed by atoms with Crippen LogP contribution in [0, 0.1) is 17.0 Å². The lowest BCUT2D eigenvalue weighted by Gasteiger charge is -2.05. The van der Waals surface area contributed by atoms with Gasteiger partial charge in [0.2, 0.25) is 5.91 Å². The summed E-state index contributed by atoms with van der Waals surface area (Å²) < 4.78 is 30.1. The first-order valence-corrected chi connectivity index (χ1v) is 9.19. The number of carbonyl (C=O) groups excluding carboxylic acids is 1. The van der Waals surface area contributed by atoms with Crippen LogP contribution in [0.1, 0.15) is 12.1 Å². The van der Waals surface area contributed by atoms with Crippen molar-refractivity contribution in [3.63, 3.8) is 0 Å². The van der Waals surface area contributed by atoms with E-state index in [0.717, 1.165) is 6.20 Å². The molecule has 2 aromatic heterocycles. The number of hydrogen-bond donors (Lipinski definition) is 1. The van der Waals surface area contributed by atoms with Crippen LogP contribution in [0.15, 0.2) is 35.8 Å². The topological polar surface area (TPSA) is 112 Å². The normalized spacial score (nSPS) is 10.9. The van der Waals surface area contributed by atoms with Crippen molar-refractivity contribution < 1.29 is 23.2 Å². The van der Waals surface area contributed by atoms with Crippen molar-refractivity contribution in [2.45, 2.75) is 26.5 Å². The molecule has 12 heteroatoms. The molecule has 3 rings (SSSR count). The highest BCUT2D eigenvalue weighted by Crippen LogP contribution is 2.27. The Morgan fingerprint density at radius 1 is 1.38 bits per heavy atom. The Bertz CT molecular complexity index is 1020. The summed E-state index contributed by atoms with van der Waals surface area (Å²) >= 11 is 1.21. The van der Waals surface area contributed by atoms with Crippen LogP contribution >= 0.6 is 11.3 Å². The maximum absolute atomic E-state index is 12.2. The number of nitrogens with one attached hydrogen (secondary N) is 1. The smallest absolute Gasteiger partial charge is 0.387 e. The van der Waals surface area contributed by atoms with Gasteiger partial charge < -0.3 is 10.1 Å². The van der Waals surface area contributed by atoms with Gasteiger partial charge in [0.05, 0.1) is 17.2 Å². The summed E-state index contributed by atoms with van der Waals surface area (Å²) in [7, 11) is 0. The molecule has 0 saturated heterocycles. The molecule has 0 aliphatic carbocycles. The van der Waals surface area contributed by atoms with Crippen molar-refractivity contribution in [1.82, 2.24) is 14.8 Å². The maximum Gasteiger partial charge on any atom is 0.387 e. The van der Waals surface area contributed by atoms with Crippen LogP contribution in [0.25, 0.3) is 11.3 Å². The zero-order valence-electron chi connectivity index (χ0n) is 15.0. The molecule has 0 bridgehead atoms. The van der Waals surface area contributed by atoms with Gasteiger partial charge in [0.15, 0.2) is 5.13 Å². The minimum atomic E-state index is -2.89. The summed E-state index contributed by atoms with van der Waals surface area (Å²) in [4.78, 5) is 26.7. The minimum absolute atomic E-state index is 0.0432. The second-order valence-electron chi connectivity index (χ2n) is 5.83. The molecule has 29 heavy (non-hydrogen) atoms. The van der Waals surface area contributed by atoms with Crippen molar-refractivity contribution >= 4 is 28.1 Å². The first-order valence-electron chi connectivity index (χ1n) is 8.31. The third-order valence-corrected chi connectivity index (χ3v) is 4.71. The van der Waals surface area contributed by atoms with E-state index in [-0.39, 0.29) is 30.3 Å². The zero-order valence-corrected chi connectivity index (χ0v) is 15.9. The molecule has 1 N–H and O–H groups in total. The number of ether oxygens (including phenoxy) is 1. The lowest BCUT2D eigenvalue weighted by molar-refractivity contribution is -0.385. The molecule has 2 heterocycles. The molecule has 0 aliphatic rings. The number of aromatic nitrogens is 3. The number of thiazole rings is 1. The second kappa shape index (κ2) is 8.73. The fraction of sp³-hybridized carbons (Fsp3) is 0.235. The lowest BCUT2D eigenvalue weighted by Crippen LogP contribution is -2.15. The van der Waals surface area contributed by atoms with Crippen LogP contribution in [-0.2, 0) is 11.3 Å². The van der Waals surface area contributed by atoms with Crippen LogP contribution < -0.4 is 10.1 Å². The van der Waals surface area contributed by atoms with Gasteiger partial charge >= 0.3 is 12.3 Å². The Kier molecular flexibility index (Phi) is 6.12. The van der Waals surface area contributed by atoms with E-state index in [0.29, 0.717) is 22.1 Å². The Morgan fingerprint density at radius 3 is 2.72 bits per heavy atom. The molecular formula is C17H15F2N5O4S. The summed E-state index contributed by atoms with van der Waals surface area (Å²) in [5.41, 5.74) is 1.54. The van der Waals surface area contributed by atoms with Gasteiger partial charge in [-0.25, -0.2) is 4.98 Å². The molecular weight excluding hydrogens is 408 g/mol. The fourth-order valence-electron chi connectivity index (χ4n) is 2.50. The van der Waals surface area contributed by atoms with E-state index in [2.05, 4.69) is 20.1 Å². The summed E-state index contributed by atoms with van der Waals surface area (Å²) in [5.74, 6) is -0.272. The molecule has 0 radical (unpaired) electrons. The summed E-state index contributed by atoms with van der Waals surface area (Å²) in [6.07, 6.45) is 1.21. The molecule has 0 spiro atoms. The number of alkyl halides is 2. The van der Waals surface area contributed by atoms with Gasteiger partial charge in [0, 0.05) is 17.4 Å². The van der Waals surface area contributed by atoms with Crippen molar-refractivity contribution in [3.8, 4) is 17.0 Å². The van der Waals surface area contributed by atoms with Crippen LogP contribution in [0.3, 0.4) is 0 Å². The molecule has 3 aromatic rings. The van der Waals surface area contributed by atoms with Gasteiger partial charge in [-0.05, 0) is 31.2 Å². The van der Waals surface area contributed by atoms with Crippen molar-refractivity contribution in [3.05, 3.63) is 51.7 Å². The number of carbonyl (C=O) groups is 1. The number of nitrogens with zero attached hydrogens (tertiary/aromatic N) is 4. The first-order chi connectivity index (χ1) is 13.8. The van der Waals surface area contributed by atoms with E-state index in [9.17, 15) is 23.7 Å². The predicted octanol–water partition coefficient (Wildman–Crippen LogP) is 3.85. The number of nitro groups is 1. The number of aryl methyl sites for hydroxylation is 1. The fourth-order valence-corrected chi connectivity index (χ4v) is 3.24. The molecule has 0 fully saturated rings. The molecule has 152 valence electrons. The molecule has 0 atom stereocenters. The number of rotatable bonds is 8. The molecule has 0 aliphatic heterocycles. The summed E-state index contributed by atoms with van der Waals surface area (Å²) in [5, 5.41) is 19.5. The predicted molar refractivity (Wildman–Crippen MR) is 101 cm³/mol. The minimum Gasteiger partial charge on any atom is -0.435 e. The first kappa shape index (κ1) is 20.3. The molecule has 0 saturated carbocycles. The quantitative estimate of drug-likeness (QED) is 0.435. The van der Waals surface area contributed by atoms with E-state index < -0.39 is 11.5 Å². The van der Waals surface area contributed by atoms with Crippen molar-refractivity contribution in [1.29, 1.82) is 0 Å². The largest absolute Gasteiger partial charge is 0.435 e. The average Bonchev–Trinajstić information content (AvgIpc) is 3.27. The van der Waals surface area contributed by atoms with Gasteiger partial charge in [0.25, 0.3) is 0 Å². The number of benzene rings is 1. The Balaban J connectivity index is 1.57. The highest BCUT2D eigenvalue weighted by Gasteiger charge is 2.17. The SMILES string of the molecule is Cc1c([N+](=O)[O-])cnn1CCC(=O)Nc1nc(-c2ccc(OC(F)F)cc2)cs1. The Labute approximate surface area is 167 Å². The van der Waals surface area contributed by atoms with E-state index in [1.165, 1.54) is 28.2 Å². The summed E-state index contributed by atoms with van der Waals surface area (Å²) in [6.45, 7) is -1.14. The van der Waals surface area contributed by atoms with Crippen molar-refractivity contribution in [2.24, 2.45) is 0 Å². The van der Waals surface area contributed by atoms with E-state index in [1.54, 1.807) is 24.4 Å². The van der Waals surface area contributed by atoms with Gasteiger partial charge in [-0.2, -0.15) is 13.9 Å². The molecule has 1 amide bonds. The highest BCUT2D eigenvalue weighted by molar-refractivity contribution is 7.14. The van der Waals surface area contributed by atoms with Gasteiger partial charge in [-0.15, -0.1) is 11.3 Å². The van der Waals surface area contributed by atoms with E-state index in [4.69, 9.17) is 0 Å². The van der Waals surface area contributed by atoms with Crippen molar-refractivity contribution in [2.75, 3.05) is 5.32 Å². The van der Waals surface area contributed by atoms with Crippen LogP contribution in [0.5, 0.6) is 5.75 Å². The highest BCUT2D eigenvalue weighted by atomic mass is 32.1. The van der Waals surface area contributed by atoms with Crippen LogP contribution in [0.2, 0.25) is 0 Å². The number of halogens is 2. The molecule has 1 aromatic carbocycles. The summed E-state index contributed by atoms with van der Waals surface area (Å²) in [6, 6.07) is 5.99. The van der Waals surface area contributed by atoms with Gasteiger partial charge in [0.1, 0.15) is 17.6 Å². The third-order valence-electron chi connectivity index (χ3n) is 3.95. The maximum atomic E-state index is 12.2. The second-order valence-corrected chi connectivity index (χ2v) is 6.69. The van der Waals surface area contributed by atoms with Crippen LogP contribution in [-0.4, -0.2) is 32.2 Å². The van der Waals surface area contributed by atoms with E-state index in [1.807, 2.05) is 0 Å². The number of anilines is 1. The zero-order chi connectivity index (χ0) is 21.0. The standard InChI is InChI=1S/C17H15F2N5O4S/c1-10-14(24(26)27)8-20-23(10)7-6-15(25)22-17-21-13(9-29-17)11-2-4-12(5-3-11)28-16(18)19/h2-5,8-9,16H,6-7H2,1H3,(H,21,22,25). The van der Waals surface area contributed by atoms with E-state index >= 15 is 0 Å². The Hall–Kier alpha value is -3.41.